The van der Waals surface area contributed by atoms with E-state index in [4.69, 9.17) is 9.47 Å². The van der Waals surface area contributed by atoms with Crippen molar-refractivity contribution in [1.82, 2.24) is 0 Å². The van der Waals surface area contributed by atoms with Crippen molar-refractivity contribution in [3.05, 3.63) is 65.7 Å². The number of nitrogens with zero attached hydrogens (tertiary/aromatic N) is 1. The summed E-state index contributed by atoms with van der Waals surface area (Å²) in [6, 6.07) is 18.0. The van der Waals surface area contributed by atoms with Crippen molar-refractivity contribution in [2.24, 2.45) is 4.99 Å². The van der Waals surface area contributed by atoms with E-state index >= 15 is 0 Å². The normalized spacial score (nSPS) is 17.7. The van der Waals surface area contributed by atoms with Crippen molar-refractivity contribution in [2.75, 3.05) is 13.7 Å². The standard InChI is InChI=1S/C16H15NO2/c1-18-14-9-5-8-13(10-14)15-11-19-16(17-15)12-6-3-2-4-7-12/h2-10,15H,11H2,1H3/t15-/m0/s1. The van der Waals surface area contributed by atoms with Crippen LogP contribution in [0.25, 0.3) is 0 Å². The number of methoxy groups -OCH3 is 1. The molecular weight excluding hydrogens is 238 g/mol. The molecule has 0 aromatic heterocycles. The van der Waals surface area contributed by atoms with Gasteiger partial charge in [0.05, 0.1) is 7.11 Å². The van der Waals surface area contributed by atoms with Gasteiger partial charge >= 0.3 is 0 Å². The Bertz CT molecular complexity index is 593. The van der Waals surface area contributed by atoms with Crippen molar-refractivity contribution in [1.29, 1.82) is 0 Å². The maximum atomic E-state index is 5.69. The molecule has 3 nitrogen and oxygen atoms in total. The molecule has 3 heteroatoms. The number of hydrogen-bond acceptors (Lipinski definition) is 3. The number of ether oxygens (including phenoxy) is 2. The summed E-state index contributed by atoms with van der Waals surface area (Å²) in [6.45, 7) is 0.581. The Labute approximate surface area is 112 Å². The molecule has 0 fully saturated rings. The van der Waals surface area contributed by atoms with Gasteiger partial charge in [0, 0.05) is 5.56 Å². The largest absolute Gasteiger partial charge is 0.497 e. The van der Waals surface area contributed by atoms with E-state index in [0.29, 0.717) is 12.5 Å². The smallest absolute Gasteiger partial charge is 0.216 e. The third-order valence-corrected chi connectivity index (χ3v) is 3.15. The van der Waals surface area contributed by atoms with Gasteiger partial charge in [-0.2, -0.15) is 0 Å². The molecule has 1 atom stereocenters. The average Bonchev–Trinajstić information content (AvgIpc) is 2.98. The molecule has 2 aromatic rings. The topological polar surface area (TPSA) is 30.8 Å². The first-order valence-corrected chi connectivity index (χ1v) is 6.27. The molecular formula is C16H15NO2. The lowest BCUT2D eigenvalue weighted by molar-refractivity contribution is 0.319. The molecule has 19 heavy (non-hydrogen) atoms. The SMILES string of the molecule is COc1cccc([C@@H]2COC(c3ccccc3)=N2)c1. The van der Waals surface area contributed by atoms with Gasteiger partial charge in [0.25, 0.3) is 0 Å². The highest BCUT2D eigenvalue weighted by atomic mass is 16.5. The first-order valence-electron chi connectivity index (χ1n) is 6.27. The third kappa shape index (κ3) is 2.45. The molecule has 0 saturated carbocycles. The van der Waals surface area contributed by atoms with Gasteiger partial charge < -0.3 is 9.47 Å². The van der Waals surface area contributed by atoms with Gasteiger partial charge in [0.1, 0.15) is 18.4 Å². The molecule has 2 aromatic carbocycles. The van der Waals surface area contributed by atoms with E-state index < -0.39 is 0 Å². The zero-order valence-electron chi connectivity index (χ0n) is 10.7. The van der Waals surface area contributed by atoms with Crippen LogP contribution in [-0.2, 0) is 4.74 Å². The molecule has 0 bridgehead atoms. The minimum atomic E-state index is 0.0466. The van der Waals surface area contributed by atoms with Crippen molar-refractivity contribution in [3.63, 3.8) is 0 Å². The molecule has 1 heterocycles. The first kappa shape index (κ1) is 11.8. The Morgan fingerprint density at radius 2 is 1.95 bits per heavy atom. The average molecular weight is 253 g/mol. The molecule has 1 aliphatic rings. The molecule has 0 saturated heterocycles. The summed E-state index contributed by atoms with van der Waals surface area (Å²) >= 11 is 0. The van der Waals surface area contributed by atoms with Crippen LogP contribution in [0.4, 0.5) is 0 Å². The van der Waals surface area contributed by atoms with E-state index in [0.717, 1.165) is 16.9 Å². The molecule has 0 unspecified atom stereocenters. The number of benzene rings is 2. The minimum Gasteiger partial charge on any atom is -0.497 e. The zero-order chi connectivity index (χ0) is 13.1. The van der Waals surface area contributed by atoms with Crippen LogP contribution in [0, 0.1) is 0 Å². The monoisotopic (exact) mass is 253 g/mol. The van der Waals surface area contributed by atoms with Crippen LogP contribution < -0.4 is 4.74 Å². The van der Waals surface area contributed by atoms with Crippen LogP contribution in [0.15, 0.2) is 59.6 Å². The van der Waals surface area contributed by atoms with Crippen LogP contribution in [0.3, 0.4) is 0 Å². The Kier molecular flexibility index (Phi) is 3.19. The second-order valence-corrected chi connectivity index (χ2v) is 4.40. The summed E-state index contributed by atoms with van der Waals surface area (Å²) in [6.07, 6.45) is 0. The second kappa shape index (κ2) is 5.14. The van der Waals surface area contributed by atoms with E-state index in [9.17, 15) is 0 Å². The Balaban J connectivity index is 1.86. The van der Waals surface area contributed by atoms with E-state index in [1.807, 2.05) is 54.6 Å². The molecule has 0 aliphatic carbocycles. The Morgan fingerprint density at radius 1 is 1.11 bits per heavy atom. The van der Waals surface area contributed by atoms with Crippen LogP contribution >= 0.6 is 0 Å². The Morgan fingerprint density at radius 3 is 2.74 bits per heavy atom. The fourth-order valence-electron chi connectivity index (χ4n) is 2.13. The van der Waals surface area contributed by atoms with Crippen LogP contribution in [-0.4, -0.2) is 19.6 Å². The predicted molar refractivity (Wildman–Crippen MR) is 74.7 cm³/mol. The van der Waals surface area contributed by atoms with E-state index in [-0.39, 0.29) is 6.04 Å². The van der Waals surface area contributed by atoms with E-state index in [1.165, 1.54) is 0 Å². The number of aliphatic imine (C=N–C) groups is 1. The predicted octanol–water partition coefficient (Wildman–Crippen LogP) is 3.21. The molecule has 96 valence electrons. The van der Waals surface area contributed by atoms with Crippen molar-refractivity contribution in [2.45, 2.75) is 6.04 Å². The van der Waals surface area contributed by atoms with Gasteiger partial charge in [-0.05, 0) is 29.8 Å². The molecule has 0 spiro atoms. The lowest BCUT2D eigenvalue weighted by Crippen LogP contribution is -2.00. The van der Waals surface area contributed by atoms with Crippen LogP contribution in [0.5, 0.6) is 5.75 Å². The molecule has 3 rings (SSSR count). The summed E-state index contributed by atoms with van der Waals surface area (Å²) in [4.78, 5) is 4.64. The number of hydrogen-bond donors (Lipinski definition) is 0. The molecule has 0 radical (unpaired) electrons. The lowest BCUT2D eigenvalue weighted by atomic mass is 10.1. The summed E-state index contributed by atoms with van der Waals surface area (Å²) in [7, 11) is 1.67. The quantitative estimate of drug-likeness (QED) is 0.841. The van der Waals surface area contributed by atoms with Gasteiger partial charge in [0.2, 0.25) is 5.90 Å². The van der Waals surface area contributed by atoms with Gasteiger partial charge in [0.15, 0.2) is 0 Å². The van der Waals surface area contributed by atoms with Gasteiger partial charge in [-0.25, -0.2) is 4.99 Å². The molecule has 0 N–H and O–H groups in total. The molecule has 1 aliphatic heterocycles. The van der Waals surface area contributed by atoms with Crippen molar-refractivity contribution < 1.29 is 9.47 Å². The van der Waals surface area contributed by atoms with Gasteiger partial charge in [-0.15, -0.1) is 0 Å². The zero-order valence-corrected chi connectivity index (χ0v) is 10.7. The summed E-state index contributed by atoms with van der Waals surface area (Å²) in [5.74, 6) is 1.56. The van der Waals surface area contributed by atoms with E-state index in [1.54, 1.807) is 7.11 Å². The molecule has 0 amide bonds. The first-order chi connectivity index (χ1) is 9.36. The van der Waals surface area contributed by atoms with Gasteiger partial charge in [-0.3, -0.25) is 0 Å². The highest BCUT2D eigenvalue weighted by Gasteiger charge is 2.21. The van der Waals surface area contributed by atoms with Crippen molar-refractivity contribution in [3.8, 4) is 5.75 Å². The van der Waals surface area contributed by atoms with Crippen LogP contribution in [0.1, 0.15) is 17.2 Å². The summed E-state index contributed by atoms with van der Waals surface area (Å²) < 4.78 is 10.9. The summed E-state index contributed by atoms with van der Waals surface area (Å²) in [5.41, 5.74) is 2.14. The van der Waals surface area contributed by atoms with E-state index in [2.05, 4.69) is 4.99 Å². The lowest BCUT2D eigenvalue weighted by Gasteiger charge is -2.06. The second-order valence-electron chi connectivity index (χ2n) is 4.40. The summed E-state index contributed by atoms with van der Waals surface area (Å²) in [5, 5.41) is 0. The third-order valence-electron chi connectivity index (χ3n) is 3.15. The van der Waals surface area contributed by atoms with Crippen molar-refractivity contribution >= 4 is 5.90 Å². The fraction of sp³-hybridized carbons (Fsp3) is 0.188. The highest BCUT2D eigenvalue weighted by Crippen LogP contribution is 2.27. The Hall–Kier alpha value is -2.29. The highest BCUT2D eigenvalue weighted by molar-refractivity contribution is 5.95. The van der Waals surface area contributed by atoms with Gasteiger partial charge in [-0.1, -0.05) is 30.3 Å². The van der Waals surface area contributed by atoms with Crippen LogP contribution in [0.2, 0.25) is 0 Å². The number of rotatable bonds is 3. The maximum Gasteiger partial charge on any atom is 0.216 e. The fourth-order valence-corrected chi connectivity index (χ4v) is 2.13. The minimum absolute atomic E-state index is 0.0466. The maximum absolute atomic E-state index is 5.69.